The predicted octanol–water partition coefficient (Wildman–Crippen LogP) is 1.64. The third-order valence-corrected chi connectivity index (χ3v) is 6.97. The monoisotopic (exact) mass is 399 g/mol. The maximum absolute atomic E-state index is 12.9. The van der Waals surface area contributed by atoms with E-state index in [1.807, 2.05) is 17.0 Å². The summed E-state index contributed by atoms with van der Waals surface area (Å²) >= 11 is 0. The molecule has 28 heavy (non-hydrogen) atoms. The van der Waals surface area contributed by atoms with E-state index in [0.29, 0.717) is 41.9 Å². The number of sulfone groups is 1. The summed E-state index contributed by atoms with van der Waals surface area (Å²) in [6, 6.07) is 14.3. The van der Waals surface area contributed by atoms with E-state index in [0.717, 1.165) is 0 Å². The van der Waals surface area contributed by atoms with Crippen LogP contribution in [0.4, 0.5) is 0 Å². The van der Waals surface area contributed by atoms with Crippen molar-refractivity contribution in [2.45, 2.75) is 5.92 Å². The average molecular weight is 399 g/mol. The van der Waals surface area contributed by atoms with Crippen molar-refractivity contribution >= 4 is 21.6 Å². The molecule has 0 N–H and O–H groups in total. The van der Waals surface area contributed by atoms with Crippen molar-refractivity contribution < 1.29 is 22.7 Å². The highest BCUT2D eigenvalue weighted by Gasteiger charge is 2.36. The van der Waals surface area contributed by atoms with Gasteiger partial charge in [-0.15, -0.1) is 0 Å². The minimum Gasteiger partial charge on any atom is -0.464 e. The fourth-order valence-electron chi connectivity index (χ4n) is 3.81. The van der Waals surface area contributed by atoms with Crippen molar-refractivity contribution in [2.24, 2.45) is 0 Å². The summed E-state index contributed by atoms with van der Waals surface area (Å²) in [5.74, 6) is -0.813. The number of nitrogens with zero attached hydrogens (tertiary/aromatic N) is 1. The van der Waals surface area contributed by atoms with E-state index < -0.39 is 21.7 Å². The van der Waals surface area contributed by atoms with Gasteiger partial charge in [0.15, 0.2) is 15.6 Å². The Hall–Kier alpha value is -2.51. The predicted molar refractivity (Wildman–Crippen MR) is 104 cm³/mol. The molecule has 1 aliphatic heterocycles. The van der Waals surface area contributed by atoms with Gasteiger partial charge >= 0.3 is 5.97 Å². The van der Waals surface area contributed by atoms with Gasteiger partial charge < -0.3 is 4.74 Å². The smallest absolute Gasteiger partial charge is 0.318 e. The molecule has 7 heteroatoms. The van der Waals surface area contributed by atoms with Gasteiger partial charge in [0.25, 0.3) is 0 Å². The molecule has 6 nitrogen and oxygen atoms in total. The molecule has 1 heterocycles. The Bertz CT molecular complexity index is 967. The van der Waals surface area contributed by atoms with Crippen LogP contribution in [0.3, 0.4) is 0 Å². The molecule has 0 aromatic heterocycles. The van der Waals surface area contributed by atoms with Crippen LogP contribution in [0.25, 0.3) is 0 Å². The minimum atomic E-state index is -2.93. The van der Waals surface area contributed by atoms with Crippen LogP contribution in [0.15, 0.2) is 48.5 Å². The van der Waals surface area contributed by atoms with Crippen molar-refractivity contribution in [3.8, 4) is 0 Å². The normalized spacial score (nSPS) is 18.9. The third kappa shape index (κ3) is 3.59. The van der Waals surface area contributed by atoms with Gasteiger partial charge in [-0.3, -0.25) is 14.5 Å². The van der Waals surface area contributed by atoms with Crippen molar-refractivity contribution in [1.29, 1.82) is 0 Å². The zero-order valence-corrected chi connectivity index (χ0v) is 16.2. The first-order valence-electron chi connectivity index (χ1n) is 9.28. The first-order chi connectivity index (χ1) is 13.5. The lowest BCUT2D eigenvalue weighted by Crippen LogP contribution is -2.42. The van der Waals surface area contributed by atoms with Gasteiger partial charge in [-0.2, -0.15) is 0 Å². The van der Waals surface area contributed by atoms with Crippen molar-refractivity contribution in [3.63, 3.8) is 0 Å². The molecular formula is C21H21NO5S. The molecule has 2 aromatic carbocycles. The number of fused-ring (bicyclic) bond motifs is 2. The van der Waals surface area contributed by atoms with E-state index in [1.54, 1.807) is 36.4 Å². The number of ketones is 1. The summed E-state index contributed by atoms with van der Waals surface area (Å²) in [5.41, 5.74) is 2.40. The summed E-state index contributed by atoms with van der Waals surface area (Å²) in [6.07, 6.45) is 0. The summed E-state index contributed by atoms with van der Waals surface area (Å²) in [6.45, 7) is 1.61. The van der Waals surface area contributed by atoms with Crippen LogP contribution in [0.2, 0.25) is 0 Å². The SMILES string of the molecule is O=C1c2ccccc2C(C(=O)OCCN2CCS(=O)(=O)CC2)c2ccccc21. The fraction of sp³-hybridized carbons (Fsp3) is 0.333. The highest BCUT2D eigenvalue weighted by atomic mass is 32.2. The Labute approximate surface area is 164 Å². The highest BCUT2D eigenvalue weighted by Crippen LogP contribution is 2.37. The number of ether oxygens (including phenoxy) is 1. The van der Waals surface area contributed by atoms with Crippen LogP contribution in [0.5, 0.6) is 0 Å². The van der Waals surface area contributed by atoms with E-state index in [4.69, 9.17) is 4.74 Å². The van der Waals surface area contributed by atoms with Gasteiger partial charge in [-0.1, -0.05) is 48.5 Å². The number of esters is 1. The molecule has 0 atom stereocenters. The number of carbonyl (C=O) groups excluding carboxylic acids is 2. The van der Waals surface area contributed by atoms with Crippen molar-refractivity contribution in [2.75, 3.05) is 37.7 Å². The van der Waals surface area contributed by atoms with Crippen molar-refractivity contribution in [1.82, 2.24) is 4.90 Å². The van der Waals surface area contributed by atoms with E-state index in [-0.39, 0.29) is 23.9 Å². The Morgan fingerprint density at radius 3 is 2.07 bits per heavy atom. The van der Waals surface area contributed by atoms with Crippen LogP contribution in [0, 0.1) is 0 Å². The number of hydrogen-bond donors (Lipinski definition) is 0. The lowest BCUT2D eigenvalue weighted by molar-refractivity contribution is -0.144. The zero-order chi connectivity index (χ0) is 19.7. The molecule has 4 rings (SSSR count). The van der Waals surface area contributed by atoms with E-state index in [2.05, 4.69) is 0 Å². The Morgan fingerprint density at radius 1 is 0.964 bits per heavy atom. The minimum absolute atomic E-state index is 0.0789. The quantitative estimate of drug-likeness (QED) is 0.727. The first-order valence-corrected chi connectivity index (χ1v) is 11.1. The molecule has 0 saturated carbocycles. The largest absolute Gasteiger partial charge is 0.464 e. The molecule has 2 aromatic rings. The Balaban J connectivity index is 1.49. The van der Waals surface area contributed by atoms with Gasteiger partial charge in [0.1, 0.15) is 12.5 Å². The molecule has 0 radical (unpaired) electrons. The van der Waals surface area contributed by atoms with Gasteiger partial charge in [0.2, 0.25) is 0 Å². The van der Waals surface area contributed by atoms with Crippen LogP contribution in [-0.2, 0) is 19.4 Å². The number of hydrogen-bond acceptors (Lipinski definition) is 6. The van der Waals surface area contributed by atoms with E-state index >= 15 is 0 Å². The molecule has 146 valence electrons. The number of benzene rings is 2. The Morgan fingerprint density at radius 2 is 1.50 bits per heavy atom. The molecule has 1 fully saturated rings. The topological polar surface area (TPSA) is 80.8 Å². The van der Waals surface area contributed by atoms with Crippen LogP contribution in [-0.4, -0.2) is 62.8 Å². The molecule has 1 saturated heterocycles. The summed E-state index contributed by atoms with van der Waals surface area (Å²) in [5, 5.41) is 0. The van der Waals surface area contributed by atoms with Gasteiger partial charge in [-0.05, 0) is 11.1 Å². The highest BCUT2D eigenvalue weighted by molar-refractivity contribution is 7.91. The van der Waals surface area contributed by atoms with E-state index in [9.17, 15) is 18.0 Å². The van der Waals surface area contributed by atoms with E-state index in [1.165, 1.54) is 0 Å². The molecule has 0 bridgehead atoms. The second-order valence-electron chi connectivity index (χ2n) is 7.10. The summed E-state index contributed by atoms with van der Waals surface area (Å²) in [7, 11) is -2.93. The molecule has 1 aliphatic carbocycles. The van der Waals surface area contributed by atoms with Crippen LogP contribution >= 0.6 is 0 Å². The molecule has 2 aliphatic rings. The number of rotatable bonds is 4. The lowest BCUT2D eigenvalue weighted by Gasteiger charge is -2.28. The first kappa shape index (κ1) is 18.8. The molecule has 0 amide bonds. The summed E-state index contributed by atoms with van der Waals surface area (Å²) < 4.78 is 28.6. The maximum Gasteiger partial charge on any atom is 0.318 e. The second-order valence-corrected chi connectivity index (χ2v) is 9.40. The fourth-order valence-corrected chi connectivity index (χ4v) is 5.09. The second kappa shape index (κ2) is 7.48. The zero-order valence-electron chi connectivity index (χ0n) is 15.3. The van der Waals surface area contributed by atoms with Gasteiger partial charge in [0, 0.05) is 30.8 Å². The summed E-state index contributed by atoms with van der Waals surface area (Å²) in [4.78, 5) is 27.7. The standard InChI is InChI=1S/C21H21NO5S/c23-20-17-7-3-1-5-15(17)19(16-6-2-4-8-18(16)20)21(24)27-12-9-22-10-13-28(25,26)14-11-22/h1-8,19H,9-14H2. The van der Waals surface area contributed by atoms with Crippen LogP contribution < -0.4 is 0 Å². The van der Waals surface area contributed by atoms with Crippen LogP contribution in [0.1, 0.15) is 33.0 Å². The number of carbonyl (C=O) groups is 2. The average Bonchev–Trinajstić information content (AvgIpc) is 2.70. The van der Waals surface area contributed by atoms with Gasteiger partial charge in [-0.25, -0.2) is 8.42 Å². The third-order valence-electron chi connectivity index (χ3n) is 5.36. The maximum atomic E-state index is 12.9. The Kier molecular flexibility index (Phi) is 5.03. The molecule has 0 spiro atoms. The van der Waals surface area contributed by atoms with Crippen molar-refractivity contribution in [3.05, 3.63) is 70.8 Å². The molecular weight excluding hydrogens is 378 g/mol. The molecule has 0 unspecified atom stereocenters. The van der Waals surface area contributed by atoms with Gasteiger partial charge in [0.05, 0.1) is 11.5 Å². The lowest BCUT2D eigenvalue weighted by atomic mass is 9.77.